The van der Waals surface area contributed by atoms with Crippen molar-refractivity contribution in [1.29, 1.82) is 0 Å². The van der Waals surface area contributed by atoms with Crippen LogP contribution in [0.3, 0.4) is 0 Å². The van der Waals surface area contributed by atoms with Gasteiger partial charge in [0, 0.05) is 44.5 Å². The Balaban J connectivity index is 1.56. The first kappa shape index (κ1) is 14.4. The van der Waals surface area contributed by atoms with Gasteiger partial charge in [0.25, 0.3) is 0 Å². The summed E-state index contributed by atoms with van der Waals surface area (Å²) in [6.07, 6.45) is 1.03. The van der Waals surface area contributed by atoms with E-state index in [9.17, 15) is 0 Å². The van der Waals surface area contributed by atoms with Crippen molar-refractivity contribution in [1.82, 2.24) is 9.80 Å². The van der Waals surface area contributed by atoms with E-state index in [1.807, 2.05) is 12.1 Å². The van der Waals surface area contributed by atoms with Crippen LogP contribution >= 0.6 is 0 Å². The van der Waals surface area contributed by atoms with Crippen molar-refractivity contribution in [2.24, 2.45) is 10.7 Å². The molecule has 2 bridgehead atoms. The fraction of sp³-hybridized carbons (Fsp3) is 0.562. The number of piperazine rings is 3. The quantitative estimate of drug-likeness (QED) is 0.640. The van der Waals surface area contributed by atoms with E-state index < -0.39 is 0 Å². The van der Waals surface area contributed by atoms with Crippen molar-refractivity contribution in [3.8, 4) is 0 Å². The Morgan fingerprint density at radius 1 is 1.33 bits per heavy atom. The number of aliphatic imine (C=N–C) groups is 1. The van der Waals surface area contributed by atoms with Gasteiger partial charge in [0.2, 0.25) is 0 Å². The standard InChI is InChI=1S/C16H25N5/c1-2-13-4-3-5-14(10-13)19-16(17)18-11-15-12-20-6-8-21(15)9-7-20/h3-5,10,15H,2,6-9,11-12H2,1H3,(H3,17,18,19). The first-order valence-corrected chi connectivity index (χ1v) is 7.87. The van der Waals surface area contributed by atoms with E-state index in [0.717, 1.165) is 25.2 Å². The van der Waals surface area contributed by atoms with Crippen LogP contribution in [-0.4, -0.2) is 61.1 Å². The lowest BCUT2D eigenvalue weighted by Crippen LogP contribution is -2.61. The zero-order valence-corrected chi connectivity index (χ0v) is 12.8. The van der Waals surface area contributed by atoms with Crippen LogP contribution in [0.5, 0.6) is 0 Å². The Morgan fingerprint density at radius 3 is 2.81 bits per heavy atom. The number of nitrogens with two attached hydrogens (primary N) is 1. The number of nitrogens with zero attached hydrogens (tertiary/aromatic N) is 3. The third-order valence-corrected chi connectivity index (χ3v) is 4.47. The van der Waals surface area contributed by atoms with Crippen LogP contribution in [0.25, 0.3) is 0 Å². The van der Waals surface area contributed by atoms with Gasteiger partial charge in [-0.2, -0.15) is 0 Å². The Hall–Kier alpha value is -1.59. The number of rotatable bonds is 4. The number of hydrogen-bond acceptors (Lipinski definition) is 3. The monoisotopic (exact) mass is 287 g/mol. The molecule has 0 aromatic heterocycles. The lowest BCUT2D eigenvalue weighted by Gasteiger charge is -2.47. The van der Waals surface area contributed by atoms with Crippen molar-refractivity contribution in [2.75, 3.05) is 44.6 Å². The molecule has 0 amide bonds. The lowest BCUT2D eigenvalue weighted by atomic mass is 10.1. The van der Waals surface area contributed by atoms with E-state index in [0.29, 0.717) is 12.0 Å². The molecule has 1 unspecified atom stereocenters. The molecule has 0 radical (unpaired) electrons. The Bertz CT molecular complexity index is 505. The molecule has 3 aliphatic rings. The Kier molecular flexibility index (Phi) is 4.41. The average molecular weight is 287 g/mol. The minimum absolute atomic E-state index is 0.515. The molecule has 1 aromatic rings. The molecule has 1 atom stereocenters. The first-order valence-electron chi connectivity index (χ1n) is 7.87. The van der Waals surface area contributed by atoms with Gasteiger partial charge in [-0.1, -0.05) is 19.1 Å². The van der Waals surface area contributed by atoms with Gasteiger partial charge in [-0.3, -0.25) is 14.8 Å². The van der Waals surface area contributed by atoms with Crippen LogP contribution in [0, 0.1) is 0 Å². The molecule has 5 nitrogen and oxygen atoms in total. The predicted octanol–water partition coefficient (Wildman–Crippen LogP) is 0.975. The number of guanidine groups is 1. The van der Waals surface area contributed by atoms with Gasteiger partial charge < -0.3 is 11.1 Å². The minimum Gasteiger partial charge on any atom is -0.370 e. The van der Waals surface area contributed by atoms with Gasteiger partial charge >= 0.3 is 0 Å². The lowest BCUT2D eigenvalue weighted by molar-refractivity contribution is 0.0174. The van der Waals surface area contributed by atoms with Crippen LogP contribution in [0.4, 0.5) is 5.69 Å². The number of benzene rings is 1. The molecule has 0 saturated carbocycles. The molecule has 5 heteroatoms. The molecular formula is C16H25N5. The zero-order valence-electron chi connectivity index (χ0n) is 12.8. The molecule has 114 valence electrons. The van der Waals surface area contributed by atoms with Crippen molar-refractivity contribution >= 4 is 11.6 Å². The minimum atomic E-state index is 0.515. The summed E-state index contributed by atoms with van der Waals surface area (Å²) < 4.78 is 0. The second-order valence-electron chi connectivity index (χ2n) is 5.90. The van der Waals surface area contributed by atoms with E-state index in [2.05, 4.69) is 39.2 Å². The van der Waals surface area contributed by atoms with Crippen LogP contribution in [-0.2, 0) is 6.42 Å². The molecule has 0 aliphatic carbocycles. The second kappa shape index (κ2) is 6.45. The summed E-state index contributed by atoms with van der Waals surface area (Å²) in [7, 11) is 0. The Morgan fingerprint density at radius 2 is 2.14 bits per heavy atom. The summed E-state index contributed by atoms with van der Waals surface area (Å²) >= 11 is 0. The summed E-state index contributed by atoms with van der Waals surface area (Å²) in [5.74, 6) is 0.515. The summed E-state index contributed by atoms with van der Waals surface area (Å²) in [5, 5.41) is 3.20. The van der Waals surface area contributed by atoms with E-state index in [1.165, 1.54) is 31.7 Å². The molecule has 3 fully saturated rings. The SMILES string of the molecule is CCc1cccc(NC(N)=NCC2CN3CCN2CC3)c1. The van der Waals surface area contributed by atoms with Crippen LogP contribution in [0.2, 0.25) is 0 Å². The fourth-order valence-electron chi connectivity index (χ4n) is 3.16. The van der Waals surface area contributed by atoms with Crippen LogP contribution in [0.15, 0.2) is 29.3 Å². The largest absolute Gasteiger partial charge is 0.370 e. The summed E-state index contributed by atoms with van der Waals surface area (Å²) in [6, 6.07) is 8.85. The van der Waals surface area contributed by atoms with Crippen LogP contribution in [0.1, 0.15) is 12.5 Å². The highest BCUT2D eigenvalue weighted by atomic mass is 15.3. The average Bonchev–Trinajstić information content (AvgIpc) is 2.54. The van der Waals surface area contributed by atoms with Crippen molar-refractivity contribution in [3.05, 3.63) is 29.8 Å². The maximum atomic E-state index is 6.02. The number of fused-ring (bicyclic) bond motifs is 3. The van der Waals surface area contributed by atoms with Gasteiger partial charge in [-0.15, -0.1) is 0 Å². The summed E-state index contributed by atoms with van der Waals surface area (Å²) in [4.78, 5) is 9.59. The normalized spacial score (nSPS) is 28.6. The molecule has 1 aromatic carbocycles. The predicted molar refractivity (Wildman–Crippen MR) is 87.7 cm³/mol. The molecular weight excluding hydrogens is 262 g/mol. The number of anilines is 1. The summed E-state index contributed by atoms with van der Waals surface area (Å²) in [6.45, 7) is 8.82. The van der Waals surface area contributed by atoms with Crippen LogP contribution < -0.4 is 11.1 Å². The molecule has 0 spiro atoms. The van der Waals surface area contributed by atoms with E-state index in [-0.39, 0.29) is 0 Å². The van der Waals surface area contributed by atoms with Crippen molar-refractivity contribution in [3.63, 3.8) is 0 Å². The highest BCUT2D eigenvalue weighted by Gasteiger charge is 2.31. The maximum Gasteiger partial charge on any atom is 0.193 e. The molecule has 3 N–H and O–H groups in total. The van der Waals surface area contributed by atoms with Crippen molar-refractivity contribution < 1.29 is 0 Å². The molecule has 3 heterocycles. The van der Waals surface area contributed by atoms with Gasteiger partial charge in [-0.25, -0.2) is 0 Å². The van der Waals surface area contributed by atoms with Gasteiger partial charge in [0.05, 0.1) is 6.54 Å². The first-order chi connectivity index (χ1) is 10.2. The topological polar surface area (TPSA) is 56.9 Å². The van der Waals surface area contributed by atoms with Gasteiger partial charge in [0.15, 0.2) is 5.96 Å². The van der Waals surface area contributed by atoms with Crippen molar-refractivity contribution in [2.45, 2.75) is 19.4 Å². The number of hydrogen-bond donors (Lipinski definition) is 2. The molecule has 21 heavy (non-hydrogen) atoms. The molecule has 3 aliphatic heterocycles. The molecule has 4 rings (SSSR count). The van der Waals surface area contributed by atoms with E-state index in [1.54, 1.807) is 0 Å². The second-order valence-corrected chi connectivity index (χ2v) is 5.90. The third-order valence-electron chi connectivity index (χ3n) is 4.47. The van der Waals surface area contributed by atoms with Gasteiger partial charge in [0.1, 0.15) is 0 Å². The third kappa shape index (κ3) is 3.54. The molecule has 3 saturated heterocycles. The highest BCUT2D eigenvalue weighted by Crippen LogP contribution is 2.16. The smallest absolute Gasteiger partial charge is 0.193 e. The zero-order chi connectivity index (χ0) is 14.7. The Labute approximate surface area is 126 Å². The number of nitrogens with one attached hydrogen (secondary N) is 1. The van der Waals surface area contributed by atoms with E-state index in [4.69, 9.17) is 5.73 Å². The number of aryl methyl sites for hydroxylation is 1. The van der Waals surface area contributed by atoms with Gasteiger partial charge in [-0.05, 0) is 24.1 Å². The fourth-order valence-corrected chi connectivity index (χ4v) is 3.16. The highest BCUT2D eigenvalue weighted by molar-refractivity contribution is 5.92. The summed E-state index contributed by atoms with van der Waals surface area (Å²) in [5.41, 5.74) is 8.34. The maximum absolute atomic E-state index is 6.02. The van der Waals surface area contributed by atoms with E-state index >= 15 is 0 Å².